The van der Waals surface area contributed by atoms with Crippen molar-refractivity contribution in [3.63, 3.8) is 0 Å². The Morgan fingerprint density at radius 2 is 1.20 bits per heavy atom. The van der Waals surface area contributed by atoms with Crippen LogP contribution in [0.4, 0.5) is 22.7 Å². The van der Waals surface area contributed by atoms with Crippen LogP contribution in [0.2, 0.25) is 0 Å². The third-order valence-electron chi connectivity index (χ3n) is 12.4. The molecule has 4 aliphatic rings. The van der Waals surface area contributed by atoms with Crippen molar-refractivity contribution in [2.45, 2.75) is 71.9 Å². The summed E-state index contributed by atoms with van der Waals surface area (Å²) in [5.41, 5.74) is 12.0. The molecule has 2 radical (unpaired) electrons. The van der Waals surface area contributed by atoms with E-state index in [1.807, 2.05) is 70.3 Å². The summed E-state index contributed by atoms with van der Waals surface area (Å²) in [6.07, 6.45) is 1.53. The number of para-hydroxylation sites is 2. The van der Waals surface area contributed by atoms with Crippen molar-refractivity contribution in [1.82, 2.24) is 0 Å². The molecule has 5 aromatic carbocycles. The molecule has 0 bridgehead atoms. The van der Waals surface area contributed by atoms with Gasteiger partial charge in [0.05, 0.1) is 19.8 Å². The molecule has 12 heteroatoms. The second-order valence-electron chi connectivity index (χ2n) is 15.5. The molecule has 2 amide bonds. The largest absolute Gasteiger partial charge is 0.680 e. The predicted octanol–water partition coefficient (Wildman–Crippen LogP) is 8.94. The Hall–Kier alpha value is -3.95. The Balaban J connectivity index is 0.00000264. The number of carbonyl (C=O) groups excluding carboxylic acids is 2. The van der Waals surface area contributed by atoms with Gasteiger partial charge < -0.3 is 39.0 Å². The number of nitrogens with zero attached hydrogens (tertiary/aromatic N) is 4. The Morgan fingerprint density at radius 1 is 0.661 bits per heavy atom. The van der Waals surface area contributed by atoms with Crippen molar-refractivity contribution in [2.24, 2.45) is 0 Å². The molecule has 4 heterocycles. The predicted molar refractivity (Wildman–Crippen MR) is 222 cm³/mol. The van der Waals surface area contributed by atoms with Gasteiger partial charge in [-0.05, 0) is 116 Å². The Labute approximate surface area is 396 Å². The third-order valence-corrected chi connectivity index (χ3v) is 12.4. The molecule has 10 nitrogen and oxygen atoms in total. The third kappa shape index (κ3) is 7.47. The number of hydrogen-bond donors (Lipinski definition) is 0. The summed E-state index contributed by atoms with van der Waals surface area (Å²) in [6.45, 7) is 11.0. The number of hydrogen-bond acceptors (Lipinski definition) is 7. The number of benzene rings is 5. The van der Waals surface area contributed by atoms with E-state index in [1.165, 1.54) is 0 Å². The van der Waals surface area contributed by atoms with Crippen molar-refractivity contribution < 1.29 is 94.0 Å². The van der Waals surface area contributed by atoms with Gasteiger partial charge in [0.15, 0.2) is 23.0 Å². The van der Waals surface area contributed by atoms with E-state index >= 15 is 0 Å². The molecule has 9 rings (SSSR count). The maximum atomic E-state index is 14.1. The number of anilines is 3. The van der Waals surface area contributed by atoms with Gasteiger partial charge in [-0.15, -0.1) is 5.69 Å². The van der Waals surface area contributed by atoms with E-state index in [0.717, 1.165) is 68.8 Å². The van der Waals surface area contributed by atoms with Crippen molar-refractivity contribution >= 4 is 34.6 Å². The number of methoxy groups -OCH3 is 2. The molecular weight excluding hydrogens is 894 g/mol. The monoisotopic (exact) mass is 940 g/mol. The van der Waals surface area contributed by atoms with Crippen molar-refractivity contribution in [3.8, 4) is 23.0 Å². The molecule has 59 heavy (non-hydrogen) atoms. The van der Waals surface area contributed by atoms with E-state index in [1.54, 1.807) is 26.4 Å². The van der Waals surface area contributed by atoms with E-state index in [-0.39, 0.29) is 109 Å². The minimum atomic E-state index is -0.111. The summed E-state index contributed by atoms with van der Waals surface area (Å²) in [6, 6.07) is 25.3. The van der Waals surface area contributed by atoms with Crippen LogP contribution < -0.4 is 33.6 Å². The van der Waals surface area contributed by atoms with Crippen molar-refractivity contribution in [2.75, 3.05) is 36.0 Å². The van der Waals surface area contributed by atoms with Gasteiger partial charge in [0.25, 0.3) is 11.8 Å². The minimum Gasteiger partial charge on any atom is -0.680 e. The van der Waals surface area contributed by atoms with Gasteiger partial charge >= 0.3 is 0 Å². The zero-order valence-corrected chi connectivity index (χ0v) is 40.2. The average molecular weight is 941 g/mol. The number of carbonyl (C=O) groups is 2. The summed E-state index contributed by atoms with van der Waals surface area (Å²) in [5, 5.41) is 5.05. The van der Waals surface area contributed by atoms with Gasteiger partial charge in [0.1, 0.15) is 13.2 Å². The van der Waals surface area contributed by atoms with Crippen LogP contribution in [0.15, 0.2) is 78.9 Å². The first kappa shape index (κ1) is 43.1. The van der Waals surface area contributed by atoms with Crippen molar-refractivity contribution in [1.29, 1.82) is 0 Å². The topological polar surface area (TPSA) is 94.9 Å². The fourth-order valence-electron chi connectivity index (χ4n) is 8.94. The van der Waals surface area contributed by atoms with Gasteiger partial charge in [-0.3, -0.25) is 9.59 Å². The summed E-state index contributed by atoms with van der Waals surface area (Å²) in [5.74, 6) is 1.89. The van der Waals surface area contributed by atoms with Crippen LogP contribution in [-0.4, -0.2) is 51.2 Å². The first-order valence-corrected chi connectivity index (χ1v) is 19.5. The number of ether oxygens (including phenoxy) is 4. The second-order valence-corrected chi connectivity index (χ2v) is 15.5. The van der Waals surface area contributed by atoms with Crippen LogP contribution in [-0.2, 0) is 91.5 Å². The molecule has 298 valence electrons. The molecule has 0 saturated carbocycles. The maximum Gasteiger partial charge on any atom is 0.258 e. The Kier molecular flexibility index (Phi) is 12.6. The van der Waals surface area contributed by atoms with Gasteiger partial charge in [0.2, 0.25) is 0 Å². The normalized spacial score (nSPS) is 18.4. The summed E-state index contributed by atoms with van der Waals surface area (Å²) >= 11 is 0. The number of amides is 2. The molecule has 0 aromatic heterocycles. The van der Waals surface area contributed by atoms with Crippen LogP contribution in [0, 0.1) is 27.3 Å². The summed E-state index contributed by atoms with van der Waals surface area (Å²) < 4.78 is 24.7. The number of likely N-dealkylation sites (N-methyl/N-ethyl adjacent to an activating group) is 1. The molecule has 0 aliphatic carbocycles. The summed E-state index contributed by atoms with van der Waals surface area (Å²) in [7, 11) is 5.16. The van der Waals surface area contributed by atoms with E-state index in [0.29, 0.717) is 39.8 Å². The van der Waals surface area contributed by atoms with Gasteiger partial charge in [-0.2, -0.15) is 0 Å². The first-order valence-electron chi connectivity index (χ1n) is 19.5. The molecule has 0 saturated heterocycles. The van der Waals surface area contributed by atoms with Crippen LogP contribution in [0.1, 0.15) is 66.6 Å². The van der Waals surface area contributed by atoms with Crippen LogP contribution in [0.3, 0.4) is 0 Å². The standard InChI is InChI=1S/C47H47N4O6.2Y/c1-26-27(2)32(24-56-44-21-37-35(19-42(44)54-6)46(52)51-39-15-11-9-13-31(39)18-40(51)29(4)48-37)16-33(28(26)3)25-57-45-22-41-36(20-43(45)55-7)47(53)50-34(23-49(41)5)17-30-12-8-10-14-38(30)50;;/h8-16,19-23,29,34,40H,17-18,24-25H2,1-7H3,(H,48,52);;/q-1;;/p-1/t29?,34-,40-;;/m0../s1. The zero-order valence-electron chi connectivity index (χ0n) is 34.5. The molecule has 0 fully saturated rings. The smallest absolute Gasteiger partial charge is 0.258 e. The molecule has 0 N–H and O–H groups in total. The Bertz CT molecular complexity index is 2470. The minimum absolute atomic E-state index is 0. The van der Waals surface area contributed by atoms with Crippen LogP contribution in [0.25, 0.3) is 5.32 Å². The Morgan fingerprint density at radius 3 is 1.83 bits per heavy atom. The number of rotatable bonds is 8. The quantitative estimate of drug-likeness (QED) is 0.144. The molecular formula is C47H46N4O6Y2-2. The molecule has 1 unspecified atom stereocenters. The fraction of sp³-hybridized carbons (Fsp3) is 0.298. The van der Waals surface area contributed by atoms with Crippen LogP contribution >= 0.6 is 0 Å². The molecule has 4 aliphatic heterocycles. The van der Waals surface area contributed by atoms with E-state index in [4.69, 9.17) is 24.3 Å². The number of fused-ring (bicyclic) bond motifs is 8. The molecule has 5 aromatic rings. The maximum absolute atomic E-state index is 14.1. The average Bonchev–Trinajstić information content (AvgIpc) is 3.74. The fourth-order valence-corrected chi connectivity index (χ4v) is 8.94. The first-order chi connectivity index (χ1) is 27.6. The summed E-state index contributed by atoms with van der Waals surface area (Å²) in [4.78, 5) is 34.0. The SMILES string of the molecule is COc1cc2c(cc1OCc1cc(COc3cc4c(cc3OC)C(=O)N3c5ccccc5C[C@H]3[CH-]N4C)c(C)c(C)c1C)[N-]C(C)[C@@H]1Cc3ccccc3N1C2=O.[Y].[Y]. The molecule has 3 atom stereocenters. The molecule has 0 spiro atoms. The van der Waals surface area contributed by atoms with Crippen LogP contribution in [0.5, 0.6) is 23.0 Å². The van der Waals surface area contributed by atoms with E-state index in [2.05, 4.69) is 52.4 Å². The van der Waals surface area contributed by atoms with Gasteiger partial charge in [-0.25, -0.2) is 6.54 Å². The van der Waals surface area contributed by atoms with E-state index < -0.39 is 0 Å². The zero-order chi connectivity index (χ0) is 39.7. The van der Waals surface area contributed by atoms with Crippen molar-refractivity contribution in [3.05, 3.63) is 141 Å². The second kappa shape index (κ2) is 17.2. The van der Waals surface area contributed by atoms with Gasteiger partial charge in [-0.1, -0.05) is 55.4 Å². The van der Waals surface area contributed by atoms with E-state index in [9.17, 15) is 9.59 Å². The van der Waals surface area contributed by atoms with Gasteiger partial charge in [0, 0.05) is 100 Å².